The molecule has 1 aromatic rings. The molecule has 0 saturated carbocycles. The van der Waals surface area contributed by atoms with Crippen LogP contribution in [0.2, 0.25) is 0 Å². The van der Waals surface area contributed by atoms with Crippen LogP contribution in [0.4, 0.5) is 0 Å². The molecule has 0 fully saturated rings. The third-order valence-corrected chi connectivity index (χ3v) is 5.17. The van der Waals surface area contributed by atoms with Crippen LogP contribution in [0.15, 0.2) is 40.4 Å². The van der Waals surface area contributed by atoms with Gasteiger partial charge < -0.3 is 10.1 Å². The molecule has 1 rings (SSSR count). The molecule has 172 valence electrons. The van der Waals surface area contributed by atoms with Crippen LogP contribution in [-0.2, 0) is 9.59 Å². The summed E-state index contributed by atoms with van der Waals surface area (Å²) in [6.07, 6.45) is 14.5. The first-order valence-corrected chi connectivity index (χ1v) is 12.0. The molecule has 0 heterocycles. The molecule has 0 atom stereocenters. The van der Waals surface area contributed by atoms with Crippen LogP contribution in [0.5, 0.6) is 5.75 Å². The number of nitrogens with zero attached hydrogens (tertiary/aromatic N) is 1. The van der Waals surface area contributed by atoms with Crippen molar-refractivity contribution in [1.82, 2.24) is 10.7 Å². The lowest BCUT2D eigenvalue weighted by Crippen LogP contribution is -2.34. The highest BCUT2D eigenvalue weighted by Crippen LogP contribution is 2.21. The number of hydrogen-bond donors (Lipinski definition) is 2. The monoisotopic (exact) mass is 493 g/mol. The van der Waals surface area contributed by atoms with Crippen molar-refractivity contribution in [2.24, 2.45) is 5.10 Å². The standard InChI is InChI=1S/C24H36BrN3O3/c1-3-5-6-7-8-9-10-11-12-13-23(29)26-19-24(30)28-27-18-20-17-21(25)14-15-22(20)31-16-4-2/h4,14-15,17-18H,2-3,5-13,16,19H2,1H3,(H,26,29)(H,28,30)/b27-18-. The minimum absolute atomic E-state index is 0.0914. The molecule has 0 aliphatic heterocycles. The lowest BCUT2D eigenvalue weighted by molar-refractivity contribution is -0.126. The number of halogens is 1. The summed E-state index contributed by atoms with van der Waals surface area (Å²) in [5, 5.41) is 6.59. The third kappa shape index (κ3) is 13.7. The Bertz CT molecular complexity index is 707. The van der Waals surface area contributed by atoms with E-state index in [2.05, 4.69) is 45.3 Å². The lowest BCUT2D eigenvalue weighted by atomic mass is 10.1. The zero-order chi connectivity index (χ0) is 22.7. The van der Waals surface area contributed by atoms with Gasteiger partial charge in [0.2, 0.25) is 5.91 Å². The Hall–Kier alpha value is -2.15. The second-order valence-corrected chi connectivity index (χ2v) is 8.35. The molecule has 6 nitrogen and oxygen atoms in total. The average molecular weight is 494 g/mol. The van der Waals surface area contributed by atoms with E-state index in [1.165, 1.54) is 51.2 Å². The van der Waals surface area contributed by atoms with Crippen molar-refractivity contribution in [2.75, 3.05) is 13.2 Å². The number of benzene rings is 1. The van der Waals surface area contributed by atoms with Gasteiger partial charge in [-0.1, -0.05) is 86.9 Å². The van der Waals surface area contributed by atoms with Crippen molar-refractivity contribution in [2.45, 2.75) is 71.1 Å². The highest BCUT2D eigenvalue weighted by molar-refractivity contribution is 9.10. The van der Waals surface area contributed by atoms with Crippen LogP contribution in [-0.4, -0.2) is 31.2 Å². The summed E-state index contributed by atoms with van der Waals surface area (Å²) in [5.74, 6) is 0.157. The first-order valence-electron chi connectivity index (χ1n) is 11.2. The summed E-state index contributed by atoms with van der Waals surface area (Å²) >= 11 is 3.40. The maximum absolute atomic E-state index is 11.9. The Morgan fingerprint density at radius 1 is 1.06 bits per heavy atom. The van der Waals surface area contributed by atoms with Crippen molar-refractivity contribution in [3.8, 4) is 5.75 Å². The Morgan fingerprint density at radius 2 is 1.74 bits per heavy atom. The lowest BCUT2D eigenvalue weighted by Gasteiger charge is -2.07. The molecule has 0 aliphatic carbocycles. The zero-order valence-corrected chi connectivity index (χ0v) is 20.2. The van der Waals surface area contributed by atoms with Crippen molar-refractivity contribution in [3.05, 3.63) is 40.9 Å². The van der Waals surface area contributed by atoms with Crippen LogP contribution < -0.4 is 15.5 Å². The van der Waals surface area contributed by atoms with Gasteiger partial charge in [-0.25, -0.2) is 5.43 Å². The van der Waals surface area contributed by atoms with Gasteiger partial charge in [0, 0.05) is 16.5 Å². The van der Waals surface area contributed by atoms with Gasteiger partial charge in [-0.2, -0.15) is 5.10 Å². The van der Waals surface area contributed by atoms with E-state index in [1.807, 2.05) is 18.2 Å². The number of nitrogens with one attached hydrogen (secondary N) is 2. The number of ether oxygens (including phenoxy) is 1. The maximum Gasteiger partial charge on any atom is 0.259 e. The van der Waals surface area contributed by atoms with Gasteiger partial charge in [0.25, 0.3) is 5.91 Å². The van der Waals surface area contributed by atoms with E-state index in [0.717, 1.165) is 17.3 Å². The van der Waals surface area contributed by atoms with Gasteiger partial charge in [0.15, 0.2) is 0 Å². The molecule has 0 aliphatic rings. The van der Waals surface area contributed by atoms with E-state index in [-0.39, 0.29) is 18.4 Å². The van der Waals surface area contributed by atoms with Gasteiger partial charge in [-0.15, -0.1) is 0 Å². The first kappa shape index (κ1) is 26.9. The zero-order valence-electron chi connectivity index (χ0n) is 18.6. The van der Waals surface area contributed by atoms with E-state index in [9.17, 15) is 9.59 Å². The van der Waals surface area contributed by atoms with Gasteiger partial charge in [-0.05, 0) is 24.6 Å². The fourth-order valence-electron chi connectivity index (χ4n) is 2.98. The van der Waals surface area contributed by atoms with E-state index in [4.69, 9.17) is 4.74 Å². The second-order valence-electron chi connectivity index (χ2n) is 7.43. The minimum atomic E-state index is -0.375. The van der Waals surface area contributed by atoms with Crippen LogP contribution in [0.3, 0.4) is 0 Å². The number of carbonyl (C=O) groups is 2. The predicted octanol–water partition coefficient (Wildman–Crippen LogP) is 5.50. The van der Waals surface area contributed by atoms with Crippen LogP contribution in [0.25, 0.3) is 0 Å². The summed E-state index contributed by atoms with van der Waals surface area (Å²) in [4.78, 5) is 23.8. The van der Waals surface area contributed by atoms with Crippen molar-refractivity contribution in [1.29, 1.82) is 0 Å². The summed E-state index contributed by atoms with van der Waals surface area (Å²) in [6.45, 7) is 6.14. The Labute approximate surface area is 195 Å². The highest BCUT2D eigenvalue weighted by atomic mass is 79.9. The van der Waals surface area contributed by atoms with Gasteiger partial charge in [0.1, 0.15) is 12.4 Å². The smallest absolute Gasteiger partial charge is 0.259 e. The minimum Gasteiger partial charge on any atom is -0.489 e. The van der Waals surface area contributed by atoms with Crippen LogP contribution >= 0.6 is 15.9 Å². The quantitative estimate of drug-likeness (QED) is 0.130. The Balaban J connectivity index is 2.19. The molecular weight excluding hydrogens is 458 g/mol. The molecule has 0 radical (unpaired) electrons. The number of hydrazone groups is 1. The summed E-state index contributed by atoms with van der Waals surface area (Å²) in [5.41, 5.74) is 3.13. The second kappa shape index (κ2) is 17.5. The molecular formula is C24H36BrN3O3. The molecule has 0 aromatic heterocycles. The molecule has 0 unspecified atom stereocenters. The average Bonchev–Trinajstić information content (AvgIpc) is 2.76. The van der Waals surface area contributed by atoms with Crippen LogP contribution in [0, 0.1) is 0 Å². The molecule has 0 spiro atoms. The predicted molar refractivity (Wildman–Crippen MR) is 130 cm³/mol. The van der Waals surface area contributed by atoms with Crippen molar-refractivity contribution in [3.63, 3.8) is 0 Å². The third-order valence-electron chi connectivity index (χ3n) is 4.67. The molecule has 2 N–H and O–H groups in total. The Kier molecular flexibility index (Phi) is 15.2. The van der Waals surface area contributed by atoms with Crippen molar-refractivity contribution < 1.29 is 14.3 Å². The normalized spacial score (nSPS) is 10.8. The van der Waals surface area contributed by atoms with E-state index in [1.54, 1.807) is 6.08 Å². The summed E-state index contributed by atoms with van der Waals surface area (Å²) in [7, 11) is 0. The maximum atomic E-state index is 11.9. The van der Waals surface area contributed by atoms with E-state index < -0.39 is 0 Å². The number of hydrogen-bond acceptors (Lipinski definition) is 4. The highest BCUT2D eigenvalue weighted by Gasteiger charge is 2.06. The topological polar surface area (TPSA) is 79.8 Å². The largest absolute Gasteiger partial charge is 0.489 e. The molecule has 31 heavy (non-hydrogen) atoms. The van der Waals surface area contributed by atoms with E-state index >= 15 is 0 Å². The molecule has 0 saturated heterocycles. The van der Waals surface area contributed by atoms with Crippen molar-refractivity contribution >= 4 is 34.0 Å². The molecule has 1 aromatic carbocycles. The molecule has 2 amide bonds. The summed E-state index contributed by atoms with van der Waals surface area (Å²) < 4.78 is 6.43. The fraction of sp³-hybridized carbons (Fsp3) is 0.542. The summed E-state index contributed by atoms with van der Waals surface area (Å²) in [6, 6.07) is 5.50. The Morgan fingerprint density at radius 3 is 2.42 bits per heavy atom. The van der Waals surface area contributed by atoms with Gasteiger partial charge in [0.05, 0.1) is 12.8 Å². The number of rotatable bonds is 17. The number of unbranched alkanes of at least 4 members (excludes halogenated alkanes) is 8. The molecule has 7 heteroatoms. The van der Waals surface area contributed by atoms with Crippen LogP contribution in [0.1, 0.15) is 76.7 Å². The van der Waals surface area contributed by atoms with Gasteiger partial charge in [-0.3, -0.25) is 9.59 Å². The van der Waals surface area contributed by atoms with Gasteiger partial charge >= 0.3 is 0 Å². The van der Waals surface area contributed by atoms with E-state index in [0.29, 0.717) is 24.3 Å². The molecule has 0 bridgehead atoms. The fourth-order valence-corrected chi connectivity index (χ4v) is 3.36. The number of amides is 2. The number of carbonyl (C=O) groups excluding carboxylic acids is 2. The SMILES string of the molecule is C=CCOc1ccc(Br)cc1/C=N\NC(=O)CNC(=O)CCCCCCCCCCC. The first-order chi connectivity index (χ1) is 15.1.